The van der Waals surface area contributed by atoms with Gasteiger partial charge >= 0.3 is 0 Å². The van der Waals surface area contributed by atoms with E-state index in [2.05, 4.69) is 26.6 Å². The van der Waals surface area contributed by atoms with Crippen molar-refractivity contribution in [2.45, 2.75) is 49.7 Å². The third kappa shape index (κ3) is 3.81. The summed E-state index contributed by atoms with van der Waals surface area (Å²) in [5.74, 6) is 0.644. The van der Waals surface area contributed by atoms with Gasteiger partial charge < -0.3 is 15.2 Å². The Morgan fingerprint density at radius 3 is 2.78 bits per heavy atom. The van der Waals surface area contributed by atoms with Gasteiger partial charge in [-0.3, -0.25) is 9.69 Å². The van der Waals surface area contributed by atoms with Crippen molar-refractivity contribution in [3.8, 4) is 11.8 Å². The zero-order valence-corrected chi connectivity index (χ0v) is 20.8. The summed E-state index contributed by atoms with van der Waals surface area (Å²) in [4.78, 5) is 15.1. The van der Waals surface area contributed by atoms with Crippen LogP contribution in [0, 0.1) is 11.3 Å². The molecule has 2 aliphatic heterocycles. The first-order valence-corrected chi connectivity index (χ1v) is 12.6. The van der Waals surface area contributed by atoms with E-state index in [9.17, 15) is 15.2 Å². The fraction of sp³-hybridized carbons (Fsp3) is 0.462. The third-order valence-electron chi connectivity index (χ3n) is 7.92. The van der Waals surface area contributed by atoms with Crippen molar-refractivity contribution >= 4 is 34.2 Å². The molecule has 36 heavy (non-hydrogen) atoms. The summed E-state index contributed by atoms with van der Waals surface area (Å²) in [6.45, 7) is 4.54. The molecule has 0 radical (unpaired) electrons. The maximum atomic E-state index is 12.8. The third-order valence-corrected chi connectivity index (χ3v) is 8.16. The monoisotopic (exact) mass is 506 g/mol. The molecule has 1 amide bonds. The zero-order valence-electron chi connectivity index (χ0n) is 20.0. The number of fused-ring (bicyclic) bond motifs is 3. The Labute approximate surface area is 213 Å². The molecule has 1 saturated carbocycles. The van der Waals surface area contributed by atoms with Crippen LogP contribution in [0.2, 0.25) is 5.02 Å². The van der Waals surface area contributed by atoms with Crippen molar-refractivity contribution in [1.29, 1.82) is 5.26 Å². The number of benzene rings is 2. The Hall–Kier alpha value is -3.19. The van der Waals surface area contributed by atoms with Crippen LogP contribution in [0.4, 0.5) is 5.69 Å². The molecule has 1 aliphatic carbocycles. The van der Waals surface area contributed by atoms with Crippen molar-refractivity contribution in [1.82, 2.24) is 19.9 Å². The second kappa shape index (κ2) is 8.44. The Bertz CT molecular complexity index is 1390. The van der Waals surface area contributed by atoms with Gasteiger partial charge in [0.15, 0.2) is 0 Å². The molecule has 0 unspecified atom stereocenters. The van der Waals surface area contributed by atoms with Gasteiger partial charge in [-0.05, 0) is 69.5 Å². The number of aliphatic hydroxyl groups is 1. The molecule has 10 heteroatoms. The van der Waals surface area contributed by atoms with Crippen LogP contribution in [0.1, 0.15) is 49.8 Å². The Balaban J connectivity index is 1.09. The zero-order chi connectivity index (χ0) is 25.1. The molecular weight excluding hydrogens is 480 g/mol. The van der Waals surface area contributed by atoms with Gasteiger partial charge in [-0.2, -0.15) is 5.26 Å². The number of rotatable bonds is 5. The Morgan fingerprint density at radius 2 is 2.06 bits per heavy atom. The number of hydrogen-bond donors (Lipinski definition) is 2. The number of amides is 1. The van der Waals surface area contributed by atoms with Gasteiger partial charge in [0.2, 0.25) is 5.91 Å². The first kappa shape index (κ1) is 23.2. The predicted molar refractivity (Wildman–Crippen MR) is 134 cm³/mol. The summed E-state index contributed by atoms with van der Waals surface area (Å²) in [7, 11) is 0. The number of aromatic nitrogens is 3. The first-order chi connectivity index (χ1) is 17.3. The number of carbonyl (C=O) groups excluding carboxylic acids is 1. The molecule has 2 N–H and O–H groups in total. The number of nitriles is 1. The molecule has 3 aromatic rings. The van der Waals surface area contributed by atoms with E-state index in [0.29, 0.717) is 53.4 Å². The highest BCUT2D eigenvalue weighted by molar-refractivity contribution is 6.31. The van der Waals surface area contributed by atoms with Crippen LogP contribution in [0.3, 0.4) is 0 Å². The second-order valence-corrected chi connectivity index (χ2v) is 10.9. The van der Waals surface area contributed by atoms with E-state index in [-0.39, 0.29) is 11.9 Å². The highest BCUT2D eigenvalue weighted by Crippen LogP contribution is 2.46. The summed E-state index contributed by atoms with van der Waals surface area (Å²) >= 11 is 6.22. The molecule has 1 spiro atoms. The number of ether oxygens (including phenoxy) is 1. The van der Waals surface area contributed by atoms with Crippen LogP contribution < -0.4 is 10.1 Å². The Morgan fingerprint density at radius 1 is 1.28 bits per heavy atom. The smallest absolute Gasteiger partial charge is 0.235 e. The van der Waals surface area contributed by atoms with Gasteiger partial charge in [0, 0.05) is 29.4 Å². The molecule has 186 valence electrons. The highest BCUT2D eigenvalue weighted by atomic mass is 35.5. The molecule has 1 saturated heterocycles. The van der Waals surface area contributed by atoms with Gasteiger partial charge in [-0.25, -0.2) is 4.68 Å². The number of nitrogens with zero attached hydrogens (tertiary/aromatic N) is 5. The minimum atomic E-state index is -0.690. The highest BCUT2D eigenvalue weighted by Gasteiger charge is 2.48. The lowest BCUT2D eigenvalue weighted by Crippen LogP contribution is -2.47. The maximum absolute atomic E-state index is 12.8. The van der Waals surface area contributed by atoms with Crippen LogP contribution in [-0.4, -0.2) is 62.7 Å². The normalized spacial score (nSPS) is 24.8. The summed E-state index contributed by atoms with van der Waals surface area (Å²) in [6, 6.07) is 11.4. The average Bonchev–Trinajstić information content (AvgIpc) is 3.37. The summed E-state index contributed by atoms with van der Waals surface area (Å²) in [5.41, 5.74) is 2.43. The molecule has 0 atom stereocenters. The quantitative estimate of drug-likeness (QED) is 0.544. The van der Waals surface area contributed by atoms with Crippen LogP contribution in [-0.2, 0) is 10.2 Å². The van der Waals surface area contributed by atoms with Crippen molar-refractivity contribution in [3.05, 3.63) is 46.5 Å². The van der Waals surface area contributed by atoms with Crippen molar-refractivity contribution in [2.24, 2.45) is 0 Å². The van der Waals surface area contributed by atoms with E-state index in [4.69, 9.17) is 16.3 Å². The number of hydrogen-bond acceptors (Lipinski definition) is 7. The SMILES string of the molecule is CC1(O)CC(n2nnc3cc(OCCN4CCC5(CC4)C(=O)Nc4ccc(Cl)cc45)cc(C#N)c32)C1. The van der Waals surface area contributed by atoms with Gasteiger partial charge in [-0.15, -0.1) is 5.10 Å². The molecule has 3 heterocycles. The van der Waals surface area contributed by atoms with Crippen molar-refractivity contribution in [2.75, 3.05) is 31.6 Å². The second-order valence-electron chi connectivity index (χ2n) is 10.5. The largest absolute Gasteiger partial charge is 0.492 e. The minimum absolute atomic E-state index is 0.0382. The number of carbonyl (C=O) groups is 1. The van der Waals surface area contributed by atoms with Gasteiger partial charge in [0.1, 0.15) is 29.5 Å². The molecule has 0 bridgehead atoms. The number of likely N-dealkylation sites (tertiary alicyclic amines) is 1. The molecule has 2 fully saturated rings. The molecule has 6 rings (SSSR count). The molecule has 3 aliphatic rings. The van der Waals surface area contributed by atoms with E-state index in [1.807, 2.05) is 18.2 Å². The van der Waals surface area contributed by atoms with E-state index < -0.39 is 11.0 Å². The lowest BCUT2D eigenvalue weighted by atomic mass is 9.73. The summed E-state index contributed by atoms with van der Waals surface area (Å²) in [6.07, 6.45) is 2.64. The Kier molecular flexibility index (Phi) is 5.45. The molecule has 2 aromatic carbocycles. The first-order valence-electron chi connectivity index (χ1n) is 12.3. The minimum Gasteiger partial charge on any atom is -0.492 e. The lowest BCUT2D eigenvalue weighted by Gasteiger charge is -2.40. The van der Waals surface area contributed by atoms with Gasteiger partial charge in [-0.1, -0.05) is 16.8 Å². The fourth-order valence-electron chi connectivity index (χ4n) is 5.94. The van der Waals surface area contributed by atoms with Crippen LogP contribution in [0.5, 0.6) is 5.75 Å². The summed E-state index contributed by atoms with van der Waals surface area (Å²) < 4.78 is 7.76. The molecule has 9 nitrogen and oxygen atoms in total. The number of piperidine rings is 1. The molecular formula is C26H27ClN6O3. The predicted octanol–water partition coefficient (Wildman–Crippen LogP) is 3.41. The summed E-state index contributed by atoms with van der Waals surface area (Å²) in [5, 5.41) is 32.0. The lowest BCUT2D eigenvalue weighted by molar-refractivity contribution is -0.122. The molecule has 1 aromatic heterocycles. The van der Waals surface area contributed by atoms with Gasteiger partial charge in [0.25, 0.3) is 0 Å². The topological polar surface area (TPSA) is 116 Å². The number of anilines is 1. The van der Waals surface area contributed by atoms with Crippen LogP contribution >= 0.6 is 11.6 Å². The van der Waals surface area contributed by atoms with Crippen molar-refractivity contribution in [3.63, 3.8) is 0 Å². The van der Waals surface area contributed by atoms with Gasteiger partial charge in [0.05, 0.1) is 22.6 Å². The van der Waals surface area contributed by atoms with E-state index in [0.717, 1.165) is 37.2 Å². The van der Waals surface area contributed by atoms with Crippen molar-refractivity contribution < 1.29 is 14.6 Å². The van der Waals surface area contributed by atoms with E-state index in [1.165, 1.54) is 0 Å². The van der Waals surface area contributed by atoms with E-state index >= 15 is 0 Å². The standard InChI is InChI=1S/C26H27ClN6O3/c1-25(35)13-18(14-25)33-23-16(15-28)10-19(12-22(23)30-31-33)36-9-8-32-6-4-26(5-7-32)20-11-17(27)2-3-21(20)29-24(26)34/h2-3,10-12,18,35H,4-9,13-14H2,1H3,(H,29,34). The maximum Gasteiger partial charge on any atom is 0.235 e. The average molecular weight is 507 g/mol. The number of nitrogens with one attached hydrogen (secondary N) is 1. The van der Waals surface area contributed by atoms with Crippen LogP contribution in [0.15, 0.2) is 30.3 Å². The van der Waals surface area contributed by atoms with Crippen LogP contribution in [0.25, 0.3) is 11.0 Å². The number of halogens is 1. The van der Waals surface area contributed by atoms with E-state index in [1.54, 1.807) is 23.7 Å². The fourth-order valence-corrected chi connectivity index (χ4v) is 6.11.